The van der Waals surface area contributed by atoms with E-state index in [-0.39, 0.29) is 45.4 Å². The second kappa shape index (κ2) is 33.7. The molecule has 0 aliphatic carbocycles. The summed E-state index contributed by atoms with van der Waals surface area (Å²) in [6.07, 6.45) is 10.5. The summed E-state index contributed by atoms with van der Waals surface area (Å²) in [5, 5.41) is 2.90. The topological polar surface area (TPSA) is 213 Å². The first-order chi connectivity index (χ1) is 44.5. The summed E-state index contributed by atoms with van der Waals surface area (Å²) in [5.74, 6) is 1.45. The van der Waals surface area contributed by atoms with Crippen molar-refractivity contribution in [2.45, 2.75) is 64.6 Å². The number of carbonyl (C=O) groups is 5. The minimum atomic E-state index is -0.563. The molecule has 1 aromatic heterocycles. The first kappa shape index (κ1) is 64.9. The van der Waals surface area contributed by atoms with Crippen molar-refractivity contribution in [1.29, 1.82) is 0 Å². The Morgan fingerprint density at radius 3 is 1.15 bits per heavy atom. The number of benzene rings is 8. The molecule has 0 aliphatic heterocycles. The normalized spacial score (nSPS) is 10.9. The van der Waals surface area contributed by atoms with E-state index in [1.54, 1.807) is 66.7 Å². The number of fused-ring (bicyclic) bond motifs is 7. The number of aromatic nitrogens is 2. The highest BCUT2D eigenvalue weighted by Gasteiger charge is 2.19. The van der Waals surface area contributed by atoms with Gasteiger partial charge in [0.15, 0.2) is 0 Å². The van der Waals surface area contributed by atoms with Crippen LogP contribution in [0, 0.1) is 0 Å². The fourth-order valence-electron chi connectivity index (χ4n) is 9.48. The zero-order valence-corrected chi connectivity index (χ0v) is 50.4. The maximum absolute atomic E-state index is 13.7. The Bertz CT molecular complexity index is 3980. The second-order valence-corrected chi connectivity index (χ2v) is 20.8. The highest BCUT2D eigenvalue weighted by molar-refractivity contribution is 6.24. The summed E-state index contributed by atoms with van der Waals surface area (Å²) >= 11 is 0. The standard InChI is InChI=1S/C73H70N2O16/c1-4-67(76)85-39-13-9-7-11-37-82-54-23-27-56(28-24-54)88-48-50-15-19-52(20-16-50)72(79)90-59-31-34-61-62-35-32-60(46-64(62)71-70(63(61)45-59)74-65-36-33-58(47-66(65)75-71)84-43-41-81-42-44-87-69(78)6-3)91-73(80)53-21-17-51(18-22-53)49-89-57-29-25-55(26-30-57)83-38-12-8-10-14-40-86-68(77)5-2/h4-6,15-36,45-47H,1-3,7-14,37-44,48-49H2. The van der Waals surface area contributed by atoms with Crippen LogP contribution in [0.25, 0.3) is 43.6 Å². The first-order valence-electron chi connectivity index (χ1n) is 30.0. The minimum Gasteiger partial charge on any atom is -0.494 e. The lowest BCUT2D eigenvalue weighted by molar-refractivity contribution is -0.139. The van der Waals surface area contributed by atoms with Gasteiger partial charge in [-0.1, -0.05) is 44.0 Å². The van der Waals surface area contributed by atoms with Gasteiger partial charge in [0.2, 0.25) is 0 Å². The van der Waals surface area contributed by atoms with Gasteiger partial charge in [-0.3, -0.25) is 0 Å². The molecule has 0 spiro atoms. The third kappa shape index (κ3) is 19.5. The van der Waals surface area contributed by atoms with E-state index >= 15 is 0 Å². The Morgan fingerprint density at radius 2 is 0.703 bits per heavy atom. The first-order valence-corrected chi connectivity index (χ1v) is 30.0. The summed E-state index contributed by atoms with van der Waals surface area (Å²) in [6, 6.07) is 44.9. The van der Waals surface area contributed by atoms with E-state index < -0.39 is 29.8 Å². The summed E-state index contributed by atoms with van der Waals surface area (Å²) in [5.41, 5.74) is 4.50. The van der Waals surface area contributed by atoms with Crippen molar-refractivity contribution >= 4 is 73.5 Å². The fraction of sp³-hybridized carbons (Fsp3) is 0.247. The molecule has 0 fully saturated rings. The molecule has 91 heavy (non-hydrogen) atoms. The van der Waals surface area contributed by atoms with Crippen molar-refractivity contribution in [2.75, 3.05) is 52.9 Å². The lowest BCUT2D eigenvalue weighted by Gasteiger charge is -2.14. The smallest absolute Gasteiger partial charge is 0.343 e. The van der Waals surface area contributed by atoms with Crippen LogP contribution in [-0.4, -0.2) is 92.7 Å². The van der Waals surface area contributed by atoms with Crippen molar-refractivity contribution in [2.24, 2.45) is 0 Å². The Morgan fingerprint density at radius 1 is 0.330 bits per heavy atom. The highest BCUT2D eigenvalue weighted by Crippen LogP contribution is 2.38. The SMILES string of the molecule is C=CC(=O)OCCCCCCOc1ccc(OCc2ccc(C(=O)Oc3ccc4c5ccc(OC(=O)c6ccc(COc7ccc(OCCCCCCOC(=O)C=C)cc7)cc6)cc5c5nc6cc(OCCOCCOC(=O)C=C)ccc6nc5c4c3)cc2)cc1. The van der Waals surface area contributed by atoms with Gasteiger partial charge in [-0.15, -0.1) is 0 Å². The van der Waals surface area contributed by atoms with Gasteiger partial charge >= 0.3 is 29.8 Å². The summed E-state index contributed by atoms with van der Waals surface area (Å²) in [7, 11) is 0. The maximum Gasteiger partial charge on any atom is 0.343 e. The molecule has 0 saturated carbocycles. The molecule has 0 saturated heterocycles. The van der Waals surface area contributed by atoms with Gasteiger partial charge in [-0.25, -0.2) is 33.9 Å². The van der Waals surface area contributed by atoms with Crippen LogP contribution in [-0.2, 0) is 46.5 Å². The van der Waals surface area contributed by atoms with Crippen molar-refractivity contribution in [1.82, 2.24) is 9.97 Å². The molecule has 0 N–H and O–H groups in total. The van der Waals surface area contributed by atoms with Crippen LogP contribution in [0.5, 0.6) is 40.2 Å². The van der Waals surface area contributed by atoms with Crippen LogP contribution in [0.1, 0.15) is 83.2 Å². The number of unbranched alkanes of at least 4 members (excludes halogenated alkanes) is 6. The van der Waals surface area contributed by atoms with Crippen molar-refractivity contribution < 1.29 is 76.1 Å². The van der Waals surface area contributed by atoms with Crippen LogP contribution in [0.3, 0.4) is 0 Å². The van der Waals surface area contributed by atoms with Gasteiger partial charge in [-0.05, 0) is 195 Å². The molecule has 0 amide bonds. The predicted molar refractivity (Wildman–Crippen MR) is 344 cm³/mol. The molecule has 18 nitrogen and oxygen atoms in total. The van der Waals surface area contributed by atoms with E-state index in [0.29, 0.717) is 93.4 Å². The molecule has 468 valence electrons. The summed E-state index contributed by atoms with van der Waals surface area (Å²) in [4.78, 5) is 71.4. The van der Waals surface area contributed by atoms with E-state index in [0.717, 1.165) is 103 Å². The third-order valence-electron chi connectivity index (χ3n) is 14.2. The predicted octanol–water partition coefficient (Wildman–Crippen LogP) is 14.1. The van der Waals surface area contributed by atoms with Gasteiger partial charge in [0.25, 0.3) is 0 Å². The fourth-order valence-corrected chi connectivity index (χ4v) is 9.48. The second-order valence-electron chi connectivity index (χ2n) is 20.8. The number of nitrogens with zero attached hydrogens (tertiary/aromatic N) is 2. The van der Waals surface area contributed by atoms with E-state index in [9.17, 15) is 24.0 Å². The zero-order chi connectivity index (χ0) is 63.6. The summed E-state index contributed by atoms with van der Waals surface area (Å²) < 4.78 is 62.4. The average molecular weight is 1230 g/mol. The lowest BCUT2D eigenvalue weighted by atomic mass is 9.98. The average Bonchev–Trinajstić information content (AvgIpc) is 0.794. The molecule has 18 heteroatoms. The number of rotatable bonds is 36. The van der Waals surface area contributed by atoms with Crippen molar-refractivity contribution in [3.8, 4) is 40.2 Å². The number of ether oxygens (including phenoxy) is 11. The molecule has 0 aliphatic rings. The van der Waals surface area contributed by atoms with E-state index in [1.807, 2.05) is 84.9 Å². The molecule has 9 rings (SSSR count). The molecule has 8 aromatic carbocycles. The monoisotopic (exact) mass is 1230 g/mol. The van der Waals surface area contributed by atoms with Crippen LogP contribution in [0.4, 0.5) is 0 Å². The van der Waals surface area contributed by atoms with Gasteiger partial charge < -0.3 is 52.1 Å². The Hall–Kier alpha value is -10.6. The maximum atomic E-state index is 13.7. The number of esters is 5. The van der Waals surface area contributed by atoms with E-state index in [1.165, 1.54) is 0 Å². The molecule has 0 radical (unpaired) electrons. The van der Waals surface area contributed by atoms with Crippen LogP contribution >= 0.6 is 0 Å². The quantitative estimate of drug-likeness (QED) is 0.00679. The largest absolute Gasteiger partial charge is 0.494 e. The Balaban J connectivity index is 0.835. The molecular weight excluding hydrogens is 1160 g/mol. The van der Waals surface area contributed by atoms with E-state index in [2.05, 4.69) is 19.7 Å². The molecule has 0 atom stereocenters. The molecule has 0 unspecified atom stereocenters. The Kier molecular flexibility index (Phi) is 24.0. The van der Waals surface area contributed by atoms with Crippen molar-refractivity contribution in [3.05, 3.63) is 212 Å². The van der Waals surface area contributed by atoms with Gasteiger partial charge in [0.1, 0.15) is 66.7 Å². The third-order valence-corrected chi connectivity index (χ3v) is 14.2. The number of hydrogen-bond acceptors (Lipinski definition) is 18. The number of hydrogen-bond donors (Lipinski definition) is 0. The van der Waals surface area contributed by atoms with Gasteiger partial charge in [0.05, 0.1) is 72.8 Å². The Labute approximate surface area is 526 Å². The van der Waals surface area contributed by atoms with E-state index in [4.69, 9.17) is 62.1 Å². The van der Waals surface area contributed by atoms with Crippen LogP contribution in [0.2, 0.25) is 0 Å². The zero-order valence-electron chi connectivity index (χ0n) is 50.4. The molecule has 0 bridgehead atoms. The lowest BCUT2D eigenvalue weighted by Crippen LogP contribution is -2.12. The molecule has 9 aromatic rings. The van der Waals surface area contributed by atoms with Crippen molar-refractivity contribution in [3.63, 3.8) is 0 Å². The summed E-state index contributed by atoms with van der Waals surface area (Å²) in [6.45, 7) is 13.4. The van der Waals surface area contributed by atoms with Gasteiger partial charge in [0, 0.05) is 35.1 Å². The minimum absolute atomic E-state index is 0.0874. The van der Waals surface area contributed by atoms with Crippen LogP contribution < -0.4 is 33.2 Å². The van der Waals surface area contributed by atoms with Gasteiger partial charge in [-0.2, -0.15) is 0 Å². The van der Waals surface area contributed by atoms with Crippen LogP contribution in [0.15, 0.2) is 190 Å². The molecule has 1 heterocycles. The highest BCUT2D eigenvalue weighted by atomic mass is 16.6. The number of carbonyl (C=O) groups excluding carboxylic acids is 5. The molecular formula is C73H70N2O16.